The minimum atomic E-state index is -0.140. The van der Waals surface area contributed by atoms with Gasteiger partial charge in [-0.2, -0.15) is 0 Å². The molecule has 0 aliphatic carbocycles. The highest BCUT2D eigenvalue weighted by Crippen LogP contribution is 2.39. The smallest absolute Gasteiger partial charge is 0.150 e. The van der Waals surface area contributed by atoms with E-state index >= 15 is 0 Å². The van der Waals surface area contributed by atoms with Crippen LogP contribution in [0, 0.1) is 0 Å². The van der Waals surface area contributed by atoms with E-state index in [9.17, 15) is 0 Å². The number of ether oxygens (including phenoxy) is 2. The van der Waals surface area contributed by atoms with E-state index in [4.69, 9.17) is 20.9 Å². The average molecular weight is 509 g/mol. The van der Waals surface area contributed by atoms with E-state index in [1.165, 1.54) is 49.7 Å². The lowest BCUT2D eigenvalue weighted by atomic mass is 9.72. The number of nitrogen functional groups attached to an aromatic ring is 2. The molecular formula is C34H40N2O2. The normalized spacial score (nSPS) is 11.3. The summed E-state index contributed by atoms with van der Waals surface area (Å²) in [6, 6.07) is 32.0. The Morgan fingerprint density at radius 2 is 0.974 bits per heavy atom. The molecular weight excluding hydrogens is 468 g/mol. The molecule has 38 heavy (non-hydrogen) atoms. The van der Waals surface area contributed by atoms with Crippen LogP contribution >= 0.6 is 0 Å². The van der Waals surface area contributed by atoms with Crippen molar-refractivity contribution in [1.29, 1.82) is 0 Å². The minimum Gasteiger partial charge on any atom is -0.455 e. The van der Waals surface area contributed by atoms with Gasteiger partial charge in [-0.05, 0) is 66.1 Å². The lowest BCUT2D eigenvalue weighted by Crippen LogP contribution is -2.23. The molecule has 0 bridgehead atoms. The summed E-state index contributed by atoms with van der Waals surface area (Å²) in [5.41, 5.74) is 15.8. The van der Waals surface area contributed by atoms with E-state index in [1.807, 2.05) is 72.8 Å². The Labute approximate surface area is 227 Å². The van der Waals surface area contributed by atoms with E-state index in [2.05, 4.69) is 38.1 Å². The van der Waals surface area contributed by atoms with Crippen molar-refractivity contribution in [2.45, 2.75) is 64.2 Å². The van der Waals surface area contributed by atoms with Gasteiger partial charge in [0.15, 0.2) is 0 Å². The molecule has 0 aliphatic heterocycles. The molecule has 0 heterocycles. The predicted octanol–water partition coefficient (Wildman–Crippen LogP) is 9.49. The molecule has 0 aromatic heterocycles. The van der Waals surface area contributed by atoms with Gasteiger partial charge in [0.2, 0.25) is 0 Å². The summed E-state index contributed by atoms with van der Waals surface area (Å²) in [6.07, 6.45) is 8.69. The Morgan fingerprint density at radius 3 is 1.42 bits per heavy atom. The first-order valence-electron chi connectivity index (χ1n) is 13.8. The second-order valence-electron chi connectivity index (χ2n) is 10.2. The maximum Gasteiger partial charge on any atom is 0.150 e. The molecule has 4 heteroatoms. The molecule has 0 saturated heterocycles. The van der Waals surface area contributed by atoms with Crippen LogP contribution in [-0.4, -0.2) is 0 Å². The fourth-order valence-corrected chi connectivity index (χ4v) is 4.90. The molecule has 198 valence electrons. The van der Waals surface area contributed by atoms with Gasteiger partial charge in [-0.25, -0.2) is 0 Å². The first-order chi connectivity index (χ1) is 18.5. The van der Waals surface area contributed by atoms with Gasteiger partial charge in [-0.15, -0.1) is 0 Å². The molecule has 0 spiro atoms. The van der Waals surface area contributed by atoms with Crippen molar-refractivity contribution in [2.24, 2.45) is 0 Å². The minimum absolute atomic E-state index is 0.140. The molecule has 4 aromatic rings. The number of hydrogen-bond acceptors (Lipinski definition) is 4. The van der Waals surface area contributed by atoms with Crippen LogP contribution in [0.2, 0.25) is 0 Å². The molecule has 0 saturated carbocycles. The van der Waals surface area contributed by atoms with Crippen LogP contribution in [0.4, 0.5) is 11.4 Å². The number of anilines is 2. The van der Waals surface area contributed by atoms with Gasteiger partial charge >= 0.3 is 0 Å². The predicted molar refractivity (Wildman–Crippen MR) is 159 cm³/mol. The Balaban J connectivity index is 1.54. The second-order valence-corrected chi connectivity index (χ2v) is 10.2. The zero-order valence-corrected chi connectivity index (χ0v) is 22.7. The molecule has 0 unspecified atom stereocenters. The number of nitrogens with two attached hydrogens (primary N) is 2. The SMILES string of the molecule is CCCCCCCCC(C)(c1ccc(Oc2ccccc2N)cc1)c1ccc(Oc2ccccc2N)cc1. The fourth-order valence-electron chi connectivity index (χ4n) is 4.90. The van der Waals surface area contributed by atoms with Gasteiger partial charge in [0, 0.05) is 5.41 Å². The first-order valence-corrected chi connectivity index (χ1v) is 13.8. The topological polar surface area (TPSA) is 70.5 Å². The van der Waals surface area contributed by atoms with Crippen molar-refractivity contribution in [2.75, 3.05) is 11.5 Å². The zero-order valence-electron chi connectivity index (χ0n) is 22.7. The van der Waals surface area contributed by atoms with Crippen LogP contribution in [0.3, 0.4) is 0 Å². The van der Waals surface area contributed by atoms with Gasteiger partial charge in [0.25, 0.3) is 0 Å². The summed E-state index contributed by atoms with van der Waals surface area (Å²) in [5, 5.41) is 0. The Bertz CT molecular complexity index is 1190. The van der Waals surface area contributed by atoms with Crippen LogP contribution in [0.5, 0.6) is 23.0 Å². The maximum absolute atomic E-state index is 6.07. The highest BCUT2D eigenvalue weighted by molar-refractivity contribution is 5.55. The molecule has 4 N–H and O–H groups in total. The number of rotatable bonds is 13. The summed E-state index contributed by atoms with van der Waals surface area (Å²) in [4.78, 5) is 0. The fraction of sp³-hybridized carbons (Fsp3) is 0.294. The van der Waals surface area contributed by atoms with Gasteiger partial charge in [0.1, 0.15) is 23.0 Å². The summed E-state index contributed by atoms with van der Waals surface area (Å²) >= 11 is 0. The van der Waals surface area contributed by atoms with Gasteiger partial charge in [0.05, 0.1) is 11.4 Å². The highest BCUT2D eigenvalue weighted by atomic mass is 16.5. The maximum atomic E-state index is 6.07. The third-order valence-corrected chi connectivity index (χ3v) is 7.31. The summed E-state index contributed by atoms with van der Waals surface area (Å²) < 4.78 is 12.1. The van der Waals surface area contributed by atoms with Crippen molar-refractivity contribution in [3.05, 3.63) is 108 Å². The monoisotopic (exact) mass is 508 g/mol. The molecule has 0 radical (unpaired) electrons. The summed E-state index contributed by atoms with van der Waals surface area (Å²) in [6.45, 7) is 4.60. The zero-order chi connectivity index (χ0) is 26.8. The Kier molecular flexibility index (Phi) is 9.31. The standard InChI is InChI=1S/C34H40N2O2/c1-3-4-5-6-7-12-25-34(2,26-17-21-28(22-18-26)37-32-15-10-8-13-30(32)35)27-19-23-29(24-20-27)38-33-16-11-9-14-31(33)36/h8-11,13-24H,3-7,12,25,35-36H2,1-2H3. The number of para-hydroxylation sites is 4. The molecule has 4 nitrogen and oxygen atoms in total. The molecule has 0 aliphatic rings. The van der Waals surface area contributed by atoms with Crippen molar-refractivity contribution in [1.82, 2.24) is 0 Å². The largest absolute Gasteiger partial charge is 0.455 e. The number of unbranched alkanes of at least 4 members (excludes halogenated alkanes) is 5. The molecule has 0 fully saturated rings. The number of benzene rings is 4. The van der Waals surface area contributed by atoms with Crippen LogP contribution in [0.1, 0.15) is 69.9 Å². The van der Waals surface area contributed by atoms with Crippen molar-refractivity contribution < 1.29 is 9.47 Å². The third-order valence-electron chi connectivity index (χ3n) is 7.31. The van der Waals surface area contributed by atoms with Gasteiger partial charge < -0.3 is 20.9 Å². The van der Waals surface area contributed by atoms with Crippen molar-refractivity contribution in [3.63, 3.8) is 0 Å². The van der Waals surface area contributed by atoms with E-state index in [0.717, 1.165) is 17.9 Å². The molecule has 4 rings (SSSR count). The van der Waals surface area contributed by atoms with E-state index < -0.39 is 0 Å². The van der Waals surface area contributed by atoms with Crippen LogP contribution in [0.15, 0.2) is 97.1 Å². The number of hydrogen-bond donors (Lipinski definition) is 2. The van der Waals surface area contributed by atoms with E-state index in [-0.39, 0.29) is 5.41 Å². The van der Waals surface area contributed by atoms with Crippen LogP contribution in [-0.2, 0) is 5.41 Å². The quantitative estimate of drug-likeness (QED) is 0.139. The lowest BCUT2D eigenvalue weighted by Gasteiger charge is -2.31. The summed E-state index contributed by atoms with van der Waals surface area (Å²) in [5.74, 6) is 2.89. The van der Waals surface area contributed by atoms with Crippen LogP contribution in [0.25, 0.3) is 0 Å². The van der Waals surface area contributed by atoms with Crippen molar-refractivity contribution >= 4 is 11.4 Å². The average Bonchev–Trinajstić information content (AvgIpc) is 2.94. The lowest BCUT2D eigenvalue weighted by molar-refractivity contribution is 0.464. The van der Waals surface area contributed by atoms with E-state index in [0.29, 0.717) is 22.9 Å². The molecule has 4 aromatic carbocycles. The third kappa shape index (κ3) is 6.89. The van der Waals surface area contributed by atoms with Crippen molar-refractivity contribution in [3.8, 4) is 23.0 Å². The van der Waals surface area contributed by atoms with Gasteiger partial charge in [-0.1, -0.05) is 101 Å². The first kappa shape index (κ1) is 27.1. The molecule has 0 amide bonds. The summed E-state index contributed by atoms with van der Waals surface area (Å²) in [7, 11) is 0. The van der Waals surface area contributed by atoms with E-state index in [1.54, 1.807) is 0 Å². The van der Waals surface area contributed by atoms with Gasteiger partial charge in [-0.3, -0.25) is 0 Å². The Hall–Kier alpha value is -3.92. The molecule has 0 atom stereocenters. The van der Waals surface area contributed by atoms with Crippen LogP contribution < -0.4 is 20.9 Å². The highest BCUT2D eigenvalue weighted by Gasteiger charge is 2.28. The Morgan fingerprint density at radius 1 is 0.553 bits per heavy atom. The second kappa shape index (κ2) is 13.0.